The summed E-state index contributed by atoms with van der Waals surface area (Å²) >= 11 is 0. The van der Waals surface area contributed by atoms with Gasteiger partial charge in [-0.25, -0.2) is 4.98 Å². The third-order valence-corrected chi connectivity index (χ3v) is 4.93. The van der Waals surface area contributed by atoms with Gasteiger partial charge in [-0.2, -0.15) is 10.1 Å². The van der Waals surface area contributed by atoms with Crippen LogP contribution in [0.1, 0.15) is 17.5 Å². The van der Waals surface area contributed by atoms with Gasteiger partial charge in [0.25, 0.3) is 0 Å². The lowest BCUT2D eigenvalue weighted by Gasteiger charge is -2.18. The molecule has 0 radical (unpaired) electrons. The van der Waals surface area contributed by atoms with Crippen LogP contribution in [0.5, 0.6) is 0 Å². The molecule has 0 spiro atoms. The van der Waals surface area contributed by atoms with E-state index in [0.717, 1.165) is 51.3 Å². The van der Waals surface area contributed by atoms with Crippen molar-refractivity contribution in [1.29, 1.82) is 0 Å². The molecule has 3 heterocycles. The van der Waals surface area contributed by atoms with Crippen molar-refractivity contribution in [3.05, 3.63) is 59.9 Å². The van der Waals surface area contributed by atoms with Crippen LogP contribution in [0, 0.1) is 6.92 Å². The highest BCUT2D eigenvalue weighted by Gasteiger charge is 2.15. The van der Waals surface area contributed by atoms with Crippen LogP contribution in [0.2, 0.25) is 0 Å². The number of aryl methyl sites for hydroxylation is 2. The summed E-state index contributed by atoms with van der Waals surface area (Å²) in [5, 5.41) is 17.5. The summed E-state index contributed by atoms with van der Waals surface area (Å²) in [4.78, 5) is 20.5. The Morgan fingerprint density at radius 3 is 2.79 bits per heavy atom. The first-order chi connectivity index (χ1) is 14.1. The normalized spacial score (nSPS) is 13.1. The number of aromatic amines is 1. The molecule has 4 aromatic rings. The average molecular weight is 385 g/mol. The minimum Gasteiger partial charge on any atom is -0.340 e. The maximum absolute atomic E-state index is 11.5. The number of hydrogen-bond acceptors (Lipinski definition) is 6. The molecule has 29 heavy (non-hydrogen) atoms. The number of carbonyl (C=O) groups excluding carboxylic acids is 1. The molecule has 0 bridgehead atoms. The van der Waals surface area contributed by atoms with E-state index in [1.165, 1.54) is 0 Å². The molecule has 2 aromatic carbocycles. The van der Waals surface area contributed by atoms with Crippen LogP contribution in [0.25, 0.3) is 10.9 Å². The number of H-pyrrole nitrogens is 1. The predicted molar refractivity (Wildman–Crippen MR) is 113 cm³/mol. The SMILES string of the molecule is Cc1cnc(Nc2ccc3c(c2)CCC(=O)N3)nc1Nc1ccc2[nH]ncc2c1. The maximum Gasteiger partial charge on any atom is 0.229 e. The zero-order valence-electron chi connectivity index (χ0n) is 15.8. The third-order valence-electron chi connectivity index (χ3n) is 4.93. The molecule has 1 aliphatic rings. The molecule has 0 saturated heterocycles. The third kappa shape index (κ3) is 3.47. The molecule has 8 nitrogen and oxygen atoms in total. The second-order valence-corrected chi connectivity index (χ2v) is 7.07. The lowest BCUT2D eigenvalue weighted by molar-refractivity contribution is -0.116. The van der Waals surface area contributed by atoms with Crippen molar-refractivity contribution in [2.45, 2.75) is 19.8 Å². The number of fused-ring (bicyclic) bond motifs is 2. The van der Waals surface area contributed by atoms with Gasteiger partial charge in [-0.15, -0.1) is 0 Å². The van der Waals surface area contributed by atoms with Gasteiger partial charge in [-0.05, 0) is 55.3 Å². The van der Waals surface area contributed by atoms with Gasteiger partial charge >= 0.3 is 0 Å². The lowest BCUT2D eigenvalue weighted by atomic mass is 10.0. The van der Waals surface area contributed by atoms with Gasteiger partial charge in [-0.3, -0.25) is 9.89 Å². The number of benzene rings is 2. The fraction of sp³-hybridized carbons (Fsp3) is 0.143. The molecule has 0 unspecified atom stereocenters. The van der Waals surface area contributed by atoms with Crippen molar-refractivity contribution in [3.63, 3.8) is 0 Å². The molecule has 0 fully saturated rings. The molecule has 2 aromatic heterocycles. The number of anilines is 5. The van der Waals surface area contributed by atoms with E-state index in [-0.39, 0.29) is 5.91 Å². The Kier molecular flexibility index (Phi) is 4.09. The van der Waals surface area contributed by atoms with Crippen LogP contribution in [-0.2, 0) is 11.2 Å². The monoisotopic (exact) mass is 385 g/mol. The first kappa shape index (κ1) is 17.2. The summed E-state index contributed by atoms with van der Waals surface area (Å²) < 4.78 is 0. The van der Waals surface area contributed by atoms with E-state index in [4.69, 9.17) is 0 Å². The second kappa shape index (κ2) is 6.90. The van der Waals surface area contributed by atoms with Crippen LogP contribution >= 0.6 is 0 Å². The van der Waals surface area contributed by atoms with E-state index >= 15 is 0 Å². The average Bonchev–Trinajstić information content (AvgIpc) is 3.18. The van der Waals surface area contributed by atoms with Crippen molar-refractivity contribution in [1.82, 2.24) is 20.2 Å². The predicted octanol–water partition coefficient (Wildman–Crippen LogP) is 4.03. The van der Waals surface area contributed by atoms with Gasteiger partial charge in [0.1, 0.15) is 5.82 Å². The Morgan fingerprint density at radius 2 is 1.86 bits per heavy atom. The fourth-order valence-electron chi connectivity index (χ4n) is 3.38. The fourth-order valence-corrected chi connectivity index (χ4v) is 3.38. The smallest absolute Gasteiger partial charge is 0.229 e. The first-order valence-electron chi connectivity index (χ1n) is 9.38. The molecule has 144 valence electrons. The van der Waals surface area contributed by atoms with Gasteiger partial charge < -0.3 is 16.0 Å². The van der Waals surface area contributed by atoms with Crippen molar-refractivity contribution in [2.24, 2.45) is 0 Å². The summed E-state index contributed by atoms with van der Waals surface area (Å²) in [6.45, 7) is 1.96. The molecule has 4 N–H and O–H groups in total. The molecule has 0 aliphatic carbocycles. The Balaban J connectivity index is 1.38. The van der Waals surface area contributed by atoms with Crippen LogP contribution in [0.4, 0.5) is 28.8 Å². The number of rotatable bonds is 4. The summed E-state index contributed by atoms with van der Waals surface area (Å²) in [6.07, 6.45) is 4.81. The van der Waals surface area contributed by atoms with Crippen LogP contribution in [-0.4, -0.2) is 26.1 Å². The first-order valence-corrected chi connectivity index (χ1v) is 9.38. The molecule has 1 amide bonds. The summed E-state index contributed by atoms with van der Waals surface area (Å²) in [5.41, 5.74) is 5.71. The summed E-state index contributed by atoms with van der Waals surface area (Å²) in [6, 6.07) is 11.8. The van der Waals surface area contributed by atoms with Crippen LogP contribution in [0.3, 0.4) is 0 Å². The number of amides is 1. The van der Waals surface area contributed by atoms with E-state index in [0.29, 0.717) is 12.4 Å². The van der Waals surface area contributed by atoms with Gasteiger partial charge in [0.05, 0.1) is 11.7 Å². The van der Waals surface area contributed by atoms with E-state index in [1.54, 1.807) is 12.4 Å². The number of hydrogen-bond donors (Lipinski definition) is 4. The van der Waals surface area contributed by atoms with Crippen molar-refractivity contribution >= 4 is 45.6 Å². The Labute approximate surface area is 166 Å². The standard InChI is InChI=1S/C21H19N7O/c1-12-10-22-21(25-16-3-5-17-13(8-16)2-7-19(29)26-17)27-20(12)24-15-4-6-18-14(9-15)11-23-28-18/h3-6,8-11H,2,7H2,1H3,(H,23,28)(H,26,29)(H2,22,24,25,27). The minimum atomic E-state index is 0.0596. The van der Waals surface area contributed by atoms with Crippen LogP contribution in [0.15, 0.2) is 48.8 Å². The topological polar surface area (TPSA) is 108 Å². The highest BCUT2D eigenvalue weighted by atomic mass is 16.1. The second-order valence-electron chi connectivity index (χ2n) is 7.07. The van der Waals surface area contributed by atoms with Gasteiger partial charge in [0.2, 0.25) is 11.9 Å². The summed E-state index contributed by atoms with van der Waals surface area (Å²) in [7, 11) is 0. The molecule has 5 rings (SSSR count). The van der Waals surface area contributed by atoms with Crippen LogP contribution < -0.4 is 16.0 Å². The molecular formula is C21H19N7O. The van der Waals surface area contributed by atoms with E-state index in [2.05, 4.69) is 36.1 Å². The zero-order valence-corrected chi connectivity index (χ0v) is 15.8. The highest BCUT2D eigenvalue weighted by molar-refractivity contribution is 5.94. The van der Waals surface area contributed by atoms with E-state index in [9.17, 15) is 4.79 Å². The van der Waals surface area contributed by atoms with Crippen molar-refractivity contribution in [2.75, 3.05) is 16.0 Å². The van der Waals surface area contributed by atoms with E-state index < -0.39 is 0 Å². The molecular weight excluding hydrogens is 366 g/mol. The number of nitrogens with zero attached hydrogens (tertiary/aromatic N) is 3. The minimum absolute atomic E-state index is 0.0596. The Bertz CT molecular complexity index is 1230. The molecule has 1 aliphatic heterocycles. The maximum atomic E-state index is 11.5. The zero-order chi connectivity index (χ0) is 19.8. The Hall–Kier alpha value is -3.94. The number of nitrogens with one attached hydrogen (secondary N) is 4. The van der Waals surface area contributed by atoms with Crippen molar-refractivity contribution in [3.8, 4) is 0 Å². The molecule has 0 atom stereocenters. The van der Waals surface area contributed by atoms with Gasteiger partial charge in [0.15, 0.2) is 0 Å². The quantitative estimate of drug-likeness (QED) is 0.422. The van der Waals surface area contributed by atoms with E-state index in [1.807, 2.05) is 43.3 Å². The number of carbonyl (C=O) groups is 1. The largest absolute Gasteiger partial charge is 0.340 e. The summed E-state index contributed by atoms with van der Waals surface area (Å²) in [5.74, 6) is 1.29. The van der Waals surface area contributed by atoms with Crippen molar-refractivity contribution < 1.29 is 4.79 Å². The Morgan fingerprint density at radius 1 is 1.00 bits per heavy atom. The number of aromatic nitrogens is 4. The van der Waals surface area contributed by atoms with Gasteiger partial charge in [0, 0.05) is 40.6 Å². The highest BCUT2D eigenvalue weighted by Crippen LogP contribution is 2.28. The molecule has 8 heteroatoms. The molecule has 0 saturated carbocycles. The van der Waals surface area contributed by atoms with Gasteiger partial charge in [-0.1, -0.05) is 0 Å². The lowest BCUT2D eigenvalue weighted by Crippen LogP contribution is -2.18.